The standard InChI is InChI=1S/C13H13N3O2/c1-9-7-10-5-3-4-6-11(10)16(2)12(9)15-13(18)14-8-17/h3-8H,1-2H3,(H,14,17,18)/b15-12+. The minimum Gasteiger partial charge on any atom is -0.329 e. The molecule has 0 fully saturated rings. The Labute approximate surface area is 104 Å². The van der Waals surface area contributed by atoms with Crippen LogP contribution in [0.1, 0.15) is 5.56 Å². The van der Waals surface area contributed by atoms with E-state index in [0.29, 0.717) is 11.9 Å². The normalized spacial score (nSPS) is 11.6. The van der Waals surface area contributed by atoms with Crippen LogP contribution in [0, 0.1) is 6.92 Å². The van der Waals surface area contributed by atoms with Gasteiger partial charge in [-0.15, -0.1) is 0 Å². The molecule has 1 aromatic carbocycles. The number of amides is 3. The zero-order valence-corrected chi connectivity index (χ0v) is 10.2. The van der Waals surface area contributed by atoms with Crippen LogP contribution in [0.2, 0.25) is 0 Å². The number of aryl methyl sites for hydroxylation is 2. The molecule has 2 rings (SSSR count). The van der Waals surface area contributed by atoms with E-state index in [2.05, 4.69) is 4.99 Å². The highest BCUT2D eigenvalue weighted by atomic mass is 16.2. The lowest BCUT2D eigenvalue weighted by atomic mass is 10.1. The predicted octanol–water partition coefficient (Wildman–Crippen LogP) is 1.25. The fraction of sp³-hybridized carbons (Fsp3) is 0.154. The third-order valence-electron chi connectivity index (χ3n) is 2.73. The van der Waals surface area contributed by atoms with Crippen molar-refractivity contribution in [3.05, 3.63) is 41.4 Å². The summed E-state index contributed by atoms with van der Waals surface area (Å²) in [7, 11) is 1.84. The molecule has 0 unspecified atom stereocenters. The lowest BCUT2D eigenvalue weighted by Gasteiger charge is -2.08. The van der Waals surface area contributed by atoms with Crippen molar-refractivity contribution in [3.63, 3.8) is 0 Å². The molecule has 0 aliphatic rings. The number of hydrogen-bond donors (Lipinski definition) is 1. The van der Waals surface area contributed by atoms with Gasteiger partial charge in [-0.3, -0.25) is 10.1 Å². The summed E-state index contributed by atoms with van der Waals surface area (Å²) >= 11 is 0. The molecule has 18 heavy (non-hydrogen) atoms. The predicted molar refractivity (Wildman–Crippen MR) is 67.8 cm³/mol. The first kappa shape index (κ1) is 12.0. The second-order valence-corrected chi connectivity index (χ2v) is 3.95. The zero-order chi connectivity index (χ0) is 13.1. The minimum absolute atomic E-state index is 0.322. The van der Waals surface area contributed by atoms with Crippen LogP contribution in [0.3, 0.4) is 0 Å². The number of benzene rings is 1. The monoisotopic (exact) mass is 243 g/mol. The molecule has 0 saturated carbocycles. The van der Waals surface area contributed by atoms with Gasteiger partial charge in [0.2, 0.25) is 6.41 Å². The average Bonchev–Trinajstić information content (AvgIpc) is 2.35. The first-order valence-electron chi connectivity index (χ1n) is 5.47. The third-order valence-corrected chi connectivity index (χ3v) is 2.73. The number of hydrogen-bond acceptors (Lipinski definition) is 2. The second-order valence-electron chi connectivity index (χ2n) is 3.95. The van der Waals surface area contributed by atoms with E-state index in [-0.39, 0.29) is 0 Å². The summed E-state index contributed by atoms with van der Waals surface area (Å²) in [6.45, 7) is 1.87. The lowest BCUT2D eigenvalue weighted by Crippen LogP contribution is -2.27. The van der Waals surface area contributed by atoms with Crippen molar-refractivity contribution in [1.29, 1.82) is 0 Å². The molecule has 1 heterocycles. The molecule has 1 N–H and O–H groups in total. The molecular weight excluding hydrogens is 230 g/mol. The Balaban J connectivity index is 2.71. The van der Waals surface area contributed by atoms with E-state index >= 15 is 0 Å². The van der Waals surface area contributed by atoms with Gasteiger partial charge in [-0.1, -0.05) is 18.2 Å². The Bertz CT molecular complexity index is 686. The van der Waals surface area contributed by atoms with E-state index in [9.17, 15) is 9.59 Å². The van der Waals surface area contributed by atoms with Crippen molar-refractivity contribution >= 4 is 23.3 Å². The van der Waals surface area contributed by atoms with Gasteiger partial charge in [0.05, 0.1) is 0 Å². The Morgan fingerprint density at radius 2 is 2.11 bits per heavy atom. The molecule has 0 aliphatic heterocycles. The summed E-state index contributed by atoms with van der Waals surface area (Å²) in [5.41, 5.74) is 2.38. The molecule has 0 aliphatic carbocycles. The molecule has 0 atom stereocenters. The van der Waals surface area contributed by atoms with Gasteiger partial charge in [-0.2, -0.15) is 4.99 Å². The third kappa shape index (κ3) is 2.15. The van der Waals surface area contributed by atoms with Gasteiger partial charge in [0.1, 0.15) is 5.49 Å². The fourth-order valence-corrected chi connectivity index (χ4v) is 1.93. The van der Waals surface area contributed by atoms with Crippen LogP contribution in [-0.2, 0) is 11.8 Å². The number of fused-ring (bicyclic) bond motifs is 1. The number of nitrogens with zero attached hydrogens (tertiary/aromatic N) is 2. The van der Waals surface area contributed by atoms with Crippen molar-refractivity contribution in [1.82, 2.24) is 9.88 Å². The molecule has 0 spiro atoms. The van der Waals surface area contributed by atoms with E-state index in [0.717, 1.165) is 16.5 Å². The number of nitrogens with one attached hydrogen (secondary N) is 1. The van der Waals surface area contributed by atoms with Crippen LogP contribution in [0.5, 0.6) is 0 Å². The molecule has 5 heteroatoms. The van der Waals surface area contributed by atoms with Crippen LogP contribution < -0.4 is 10.8 Å². The second kappa shape index (κ2) is 4.83. The van der Waals surface area contributed by atoms with Crippen LogP contribution >= 0.6 is 0 Å². The molecule has 0 radical (unpaired) electrons. The summed E-state index contributed by atoms with van der Waals surface area (Å²) < 4.78 is 1.83. The summed E-state index contributed by atoms with van der Waals surface area (Å²) in [5.74, 6) is 0. The van der Waals surface area contributed by atoms with Crippen molar-refractivity contribution in [2.75, 3.05) is 0 Å². The smallest absolute Gasteiger partial charge is 0.329 e. The van der Waals surface area contributed by atoms with Gasteiger partial charge in [-0.05, 0) is 30.0 Å². The largest absolute Gasteiger partial charge is 0.349 e. The molecule has 3 amide bonds. The van der Waals surface area contributed by atoms with Crippen LogP contribution in [-0.4, -0.2) is 17.0 Å². The van der Waals surface area contributed by atoms with Gasteiger partial charge in [0.15, 0.2) is 0 Å². The summed E-state index contributed by atoms with van der Waals surface area (Å²) in [6.07, 6.45) is 0.322. The Kier molecular flexibility index (Phi) is 3.23. The van der Waals surface area contributed by atoms with Crippen LogP contribution in [0.25, 0.3) is 10.9 Å². The fourth-order valence-electron chi connectivity index (χ4n) is 1.93. The van der Waals surface area contributed by atoms with E-state index in [4.69, 9.17) is 0 Å². The van der Waals surface area contributed by atoms with Gasteiger partial charge >= 0.3 is 6.03 Å². The number of pyridine rings is 1. The van der Waals surface area contributed by atoms with Gasteiger partial charge in [0, 0.05) is 12.6 Å². The SMILES string of the molecule is Cc1cc2ccccc2n(C)/c1=N/C(=O)NC=O. The number of rotatable bonds is 1. The highest BCUT2D eigenvalue weighted by Crippen LogP contribution is 2.11. The van der Waals surface area contributed by atoms with Crippen molar-refractivity contribution in [2.24, 2.45) is 12.0 Å². The maximum absolute atomic E-state index is 11.3. The Morgan fingerprint density at radius 3 is 2.83 bits per heavy atom. The molecule has 0 bridgehead atoms. The number of aromatic nitrogens is 1. The summed E-state index contributed by atoms with van der Waals surface area (Å²) in [6, 6.07) is 9.12. The highest BCUT2D eigenvalue weighted by Gasteiger charge is 2.03. The Hall–Kier alpha value is -2.43. The highest BCUT2D eigenvalue weighted by molar-refractivity contribution is 5.85. The van der Waals surface area contributed by atoms with E-state index in [1.54, 1.807) is 0 Å². The van der Waals surface area contributed by atoms with E-state index in [1.165, 1.54) is 0 Å². The first-order chi connectivity index (χ1) is 8.63. The van der Waals surface area contributed by atoms with Crippen LogP contribution in [0.4, 0.5) is 4.79 Å². The maximum Gasteiger partial charge on any atom is 0.349 e. The lowest BCUT2D eigenvalue weighted by molar-refractivity contribution is -0.108. The van der Waals surface area contributed by atoms with Crippen molar-refractivity contribution in [2.45, 2.75) is 6.92 Å². The van der Waals surface area contributed by atoms with Crippen LogP contribution in [0.15, 0.2) is 35.3 Å². The van der Waals surface area contributed by atoms with Crippen molar-refractivity contribution in [3.8, 4) is 0 Å². The number of urea groups is 1. The average molecular weight is 243 g/mol. The molecule has 5 nitrogen and oxygen atoms in total. The van der Waals surface area contributed by atoms with Crippen molar-refractivity contribution < 1.29 is 9.59 Å². The number of imide groups is 1. The molecule has 1 aromatic heterocycles. The molecule has 0 saturated heterocycles. The topological polar surface area (TPSA) is 63.5 Å². The number of carbonyl (C=O) groups excluding carboxylic acids is 2. The quantitative estimate of drug-likeness (QED) is 0.766. The van der Waals surface area contributed by atoms with E-state index < -0.39 is 6.03 Å². The number of para-hydroxylation sites is 1. The molecule has 2 aromatic rings. The summed E-state index contributed by atoms with van der Waals surface area (Å²) in [5, 5.41) is 3.07. The van der Waals surface area contributed by atoms with Gasteiger partial charge in [0.25, 0.3) is 0 Å². The maximum atomic E-state index is 11.3. The summed E-state index contributed by atoms with van der Waals surface area (Å²) in [4.78, 5) is 25.4. The van der Waals surface area contributed by atoms with E-state index in [1.807, 2.05) is 54.2 Å². The molecule has 92 valence electrons. The molecular formula is C13H13N3O2. The first-order valence-corrected chi connectivity index (χ1v) is 5.47. The minimum atomic E-state index is -0.668. The van der Waals surface area contributed by atoms with Gasteiger partial charge < -0.3 is 4.57 Å². The van der Waals surface area contributed by atoms with Gasteiger partial charge in [-0.25, -0.2) is 4.79 Å². The number of carbonyl (C=O) groups is 2. The zero-order valence-electron chi connectivity index (χ0n) is 10.2. The Morgan fingerprint density at radius 1 is 1.39 bits per heavy atom.